The Morgan fingerprint density at radius 1 is 1.12 bits per heavy atom. The fourth-order valence-electron chi connectivity index (χ4n) is 3.61. The molecule has 2 aromatic heterocycles. The van der Waals surface area contributed by atoms with Crippen LogP contribution in [0.15, 0.2) is 82.0 Å². The lowest BCUT2D eigenvalue weighted by Gasteiger charge is -2.18. The van der Waals surface area contributed by atoms with Crippen LogP contribution in [0.1, 0.15) is 13.3 Å². The van der Waals surface area contributed by atoms with Crippen LogP contribution in [-0.2, 0) is 4.79 Å². The number of thiazole rings is 1. The van der Waals surface area contributed by atoms with Crippen LogP contribution < -0.4 is 15.5 Å². The Bertz CT molecular complexity index is 1560. The summed E-state index contributed by atoms with van der Waals surface area (Å²) in [4.78, 5) is 30.9. The Labute approximate surface area is 203 Å². The molecule has 1 amide bonds. The van der Waals surface area contributed by atoms with E-state index < -0.39 is 12.0 Å². The fraction of sp³-hybridized carbons (Fsp3) is 0.115. The van der Waals surface area contributed by atoms with E-state index in [0.717, 1.165) is 10.2 Å². The van der Waals surface area contributed by atoms with Gasteiger partial charge in [0.15, 0.2) is 17.0 Å². The zero-order chi connectivity index (χ0) is 23.7. The highest BCUT2D eigenvalue weighted by atomic mass is 35.5. The summed E-state index contributed by atoms with van der Waals surface area (Å²) < 4.78 is 13.0. The van der Waals surface area contributed by atoms with Gasteiger partial charge in [-0.2, -0.15) is 0 Å². The summed E-state index contributed by atoms with van der Waals surface area (Å²) >= 11 is 7.37. The van der Waals surface area contributed by atoms with Crippen LogP contribution in [0, 0.1) is 0 Å². The van der Waals surface area contributed by atoms with E-state index in [2.05, 4.69) is 10.3 Å². The van der Waals surface area contributed by atoms with Crippen molar-refractivity contribution >= 4 is 55.2 Å². The number of ether oxygens (including phenoxy) is 1. The number of nitrogens with zero attached hydrogens (tertiary/aromatic N) is 1. The normalized spacial score (nSPS) is 12.1. The summed E-state index contributed by atoms with van der Waals surface area (Å²) in [5, 5.41) is 4.22. The van der Waals surface area contributed by atoms with Gasteiger partial charge in [-0.3, -0.25) is 14.9 Å². The van der Waals surface area contributed by atoms with E-state index in [1.165, 1.54) is 11.3 Å². The zero-order valence-electron chi connectivity index (χ0n) is 18.1. The maximum atomic E-state index is 13.4. The maximum Gasteiger partial charge on any atom is 0.267 e. The molecule has 0 bridgehead atoms. The van der Waals surface area contributed by atoms with Crippen LogP contribution in [0.4, 0.5) is 5.13 Å². The van der Waals surface area contributed by atoms with Gasteiger partial charge in [-0.15, -0.1) is 0 Å². The minimum absolute atomic E-state index is 0.00276. The molecule has 1 N–H and O–H groups in total. The Morgan fingerprint density at radius 3 is 2.68 bits per heavy atom. The predicted molar refractivity (Wildman–Crippen MR) is 136 cm³/mol. The highest BCUT2D eigenvalue weighted by Gasteiger charge is 2.25. The Morgan fingerprint density at radius 2 is 1.88 bits per heavy atom. The molecular weight excluding hydrogens is 472 g/mol. The second kappa shape index (κ2) is 9.29. The molecule has 0 radical (unpaired) electrons. The van der Waals surface area contributed by atoms with E-state index in [1.807, 2.05) is 37.3 Å². The van der Waals surface area contributed by atoms with E-state index in [-0.39, 0.29) is 16.9 Å². The van der Waals surface area contributed by atoms with Gasteiger partial charge < -0.3 is 9.15 Å². The average Bonchev–Trinajstić information content (AvgIpc) is 3.25. The number of fused-ring (bicyclic) bond motifs is 2. The summed E-state index contributed by atoms with van der Waals surface area (Å²) in [6.07, 6.45) is -0.592. The molecule has 6 nitrogen and oxygen atoms in total. The molecule has 3 aromatic carbocycles. The smallest absolute Gasteiger partial charge is 0.267 e. The molecule has 5 aromatic rings. The lowest BCUT2D eigenvalue weighted by molar-refractivity contribution is -0.122. The lowest BCUT2D eigenvalue weighted by Crippen LogP contribution is -2.34. The van der Waals surface area contributed by atoms with Crippen molar-refractivity contribution in [2.24, 2.45) is 0 Å². The highest BCUT2D eigenvalue weighted by molar-refractivity contribution is 7.22. The number of benzene rings is 3. The van der Waals surface area contributed by atoms with Gasteiger partial charge in [0.25, 0.3) is 5.91 Å². The van der Waals surface area contributed by atoms with E-state index in [9.17, 15) is 9.59 Å². The predicted octanol–water partition coefficient (Wildman–Crippen LogP) is 6.52. The quantitative estimate of drug-likeness (QED) is 0.293. The molecule has 1 unspecified atom stereocenters. The summed E-state index contributed by atoms with van der Waals surface area (Å²) in [5.41, 5.74) is 1.53. The summed E-state index contributed by atoms with van der Waals surface area (Å²) in [5.74, 6) is -0.118. The van der Waals surface area contributed by atoms with Crippen molar-refractivity contribution in [3.63, 3.8) is 0 Å². The molecule has 0 aliphatic carbocycles. The SMILES string of the molecule is CCC(Oc1c(-c2ccccc2)oc2ccccc2c1=O)C(=O)Nc1nc2ccc(Cl)cc2s1. The van der Waals surface area contributed by atoms with Crippen molar-refractivity contribution in [3.05, 3.63) is 88.0 Å². The molecule has 34 heavy (non-hydrogen) atoms. The molecule has 8 heteroatoms. The van der Waals surface area contributed by atoms with Crippen molar-refractivity contribution in [2.75, 3.05) is 5.32 Å². The fourth-order valence-corrected chi connectivity index (χ4v) is 4.76. The highest BCUT2D eigenvalue weighted by Crippen LogP contribution is 2.32. The van der Waals surface area contributed by atoms with Gasteiger partial charge in [0, 0.05) is 10.6 Å². The lowest BCUT2D eigenvalue weighted by atomic mass is 10.1. The first kappa shape index (κ1) is 22.1. The van der Waals surface area contributed by atoms with E-state index in [1.54, 1.807) is 42.5 Å². The van der Waals surface area contributed by atoms with Crippen LogP contribution >= 0.6 is 22.9 Å². The van der Waals surface area contributed by atoms with Gasteiger partial charge in [-0.1, -0.05) is 72.3 Å². The first-order valence-electron chi connectivity index (χ1n) is 10.7. The molecule has 0 spiro atoms. The number of hydrogen-bond acceptors (Lipinski definition) is 6. The molecule has 1 atom stereocenters. The molecule has 0 saturated carbocycles. The van der Waals surface area contributed by atoms with Gasteiger partial charge in [-0.25, -0.2) is 4.98 Å². The first-order chi connectivity index (χ1) is 16.5. The number of halogens is 1. The summed E-state index contributed by atoms with van der Waals surface area (Å²) in [6, 6.07) is 21.5. The number of amides is 1. The van der Waals surface area contributed by atoms with Gasteiger partial charge in [-0.05, 0) is 36.8 Å². The second-order valence-corrected chi connectivity index (χ2v) is 9.05. The molecule has 0 aliphatic heterocycles. The number of nitrogens with one attached hydrogen (secondary N) is 1. The Balaban J connectivity index is 1.50. The second-order valence-electron chi connectivity index (χ2n) is 7.59. The van der Waals surface area contributed by atoms with Gasteiger partial charge in [0.2, 0.25) is 11.2 Å². The van der Waals surface area contributed by atoms with Crippen molar-refractivity contribution in [1.82, 2.24) is 4.98 Å². The molecule has 170 valence electrons. The van der Waals surface area contributed by atoms with Gasteiger partial charge in [0.05, 0.1) is 15.6 Å². The average molecular weight is 491 g/mol. The third kappa shape index (κ3) is 4.27. The molecule has 5 rings (SSSR count). The van der Waals surface area contributed by atoms with E-state index in [4.69, 9.17) is 20.8 Å². The Kier molecular flexibility index (Phi) is 6.04. The van der Waals surface area contributed by atoms with Crippen molar-refractivity contribution in [2.45, 2.75) is 19.4 Å². The first-order valence-corrected chi connectivity index (χ1v) is 11.9. The largest absolute Gasteiger partial charge is 0.473 e. The monoisotopic (exact) mass is 490 g/mol. The minimum Gasteiger partial charge on any atom is -0.473 e. The molecule has 0 aliphatic rings. The molecule has 0 saturated heterocycles. The number of aromatic nitrogens is 1. The number of anilines is 1. The van der Waals surface area contributed by atoms with Gasteiger partial charge in [0.1, 0.15) is 5.58 Å². The van der Waals surface area contributed by atoms with Crippen LogP contribution in [-0.4, -0.2) is 17.0 Å². The molecular formula is C26H19ClN2O4S. The molecule has 2 heterocycles. The Hall–Kier alpha value is -3.68. The summed E-state index contributed by atoms with van der Waals surface area (Å²) in [7, 11) is 0. The van der Waals surface area contributed by atoms with Gasteiger partial charge >= 0.3 is 0 Å². The van der Waals surface area contributed by atoms with E-state index >= 15 is 0 Å². The van der Waals surface area contributed by atoms with Crippen molar-refractivity contribution in [3.8, 4) is 17.1 Å². The topological polar surface area (TPSA) is 81.4 Å². The van der Waals surface area contributed by atoms with Crippen LogP contribution in [0.2, 0.25) is 5.02 Å². The summed E-state index contributed by atoms with van der Waals surface area (Å²) in [6.45, 7) is 1.81. The number of hydrogen-bond donors (Lipinski definition) is 1. The molecule has 0 fully saturated rings. The van der Waals surface area contributed by atoms with Crippen LogP contribution in [0.25, 0.3) is 32.5 Å². The number of para-hydroxylation sites is 1. The van der Waals surface area contributed by atoms with Crippen LogP contribution in [0.5, 0.6) is 5.75 Å². The number of carbonyl (C=O) groups excluding carboxylic acids is 1. The van der Waals surface area contributed by atoms with E-state index in [0.29, 0.717) is 33.1 Å². The third-order valence-electron chi connectivity index (χ3n) is 5.30. The number of rotatable bonds is 6. The van der Waals surface area contributed by atoms with Crippen molar-refractivity contribution in [1.29, 1.82) is 0 Å². The standard InChI is InChI=1S/C26H19ClN2O4S/c1-2-19(25(31)29-26-28-18-13-12-16(27)14-21(18)34-26)32-24-22(30)17-10-6-7-11-20(17)33-23(24)15-8-4-3-5-9-15/h3-14,19H,2H2,1H3,(H,28,29,31). The minimum atomic E-state index is -0.929. The zero-order valence-corrected chi connectivity index (χ0v) is 19.7. The van der Waals surface area contributed by atoms with Crippen molar-refractivity contribution < 1.29 is 13.9 Å². The number of carbonyl (C=O) groups is 1. The maximum absolute atomic E-state index is 13.4. The van der Waals surface area contributed by atoms with Crippen LogP contribution in [0.3, 0.4) is 0 Å². The third-order valence-corrected chi connectivity index (χ3v) is 6.46.